The number of methoxy groups -OCH3 is 2. The molecule has 356 valence electrons. The van der Waals surface area contributed by atoms with Gasteiger partial charge in [0.2, 0.25) is 11.6 Å². The summed E-state index contributed by atoms with van der Waals surface area (Å²) in [5.74, 6) is -15.9. The molecule has 4 aromatic carbocycles. The van der Waals surface area contributed by atoms with Gasteiger partial charge in [-0.2, -0.15) is 35.1 Å². The van der Waals surface area contributed by atoms with Gasteiger partial charge in [-0.05, 0) is 75.2 Å². The van der Waals surface area contributed by atoms with Crippen LogP contribution in [0.1, 0.15) is 70.4 Å². The van der Waals surface area contributed by atoms with Gasteiger partial charge in [-0.3, -0.25) is 19.2 Å². The third-order valence-electron chi connectivity index (χ3n) is 10.8. The highest BCUT2D eigenvalue weighted by Gasteiger charge is 2.63. The van der Waals surface area contributed by atoms with Gasteiger partial charge in [-0.25, -0.2) is 17.6 Å². The van der Waals surface area contributed by atoms with Crippen LogP contribution < -0.4 is 31.6 Å². The van der Waals surface area contributed by atoms with E-state index < -0.39 is 142 Å². The van der Waals surface area contributed by atoms with Gasteiger partial charge in [-0.1, -0.05) is 12.1 Å². The van der Waals surface area contributed by atoms with Crippen molar-refractivity contribution < 1.29 is 90.8 Å². The second-order valence-electron chi connectivity index (χ2n) is 15.2. The number of alkyl halides is 6. The topological polar surface area (TPSA) is 181 Å². The maximum atomic E-state index is 14.2. The molecule has 2 heterocycles. The summed E-state index contributed by atoms with van der Waals surface area (Å²) in [5.41, 5.74) is 2.71. The van der Waals surface area contributed by atoms with Crippen molar-refractivity contribution in [2.45, 2.75) is 74.3 Å². The van der Waals surface area contributed by atoms with Gasteiger partial charge in [0, 0.05) is 34.3 Å². The number of rotatable bonds is 10. The van der Waals surface area contributed by atoms with Crippen molar-refractivity contribution in [3.8, 4) is 11.5 Å². The molecule has 0 spiro atoms. The molecular weight excluding hydrogens is 916 g/mol. The minimum atomic E-state index is -4.90. The zero-order chi connectivity index (χ0) is 49.4. The van der Waals surface area contributed by atoms with Gasteiger partial charge in [0.1, 0.15) is 23.8 Å². The van der Waals surface area contributed by atoms with E-state index in [-0.39, 0.29) is 22.5 Å². The molecule has 0 unspecified atom stereocenters. The first-order valence-electron chi connectivity index (χ1n) is 18.9. The lowest BCUT2D eigenvalue weighted by Gasteiger charge is -2.27. The van der Waals surface area contributed by atoms with Crippen LogP contribution in [0.25, 0.3) is 0 Å². The second kappa shape index (κ2) is 18.7. The second-order valence-corrected chi connectivity index (χ2v) is 15.2. The van der Waals surface area contributed by atoms with Crippen molar-refractivity contribution in [2.24, 2.45) is 11.5 Å². The SMILES string of the molecule is COc1c([C@@H]2C[C@](C)(C(F)(F)F)O[C@H]2C(=O)Nc2ccc(F)c(C(N)=O)c2)ccc(F)c1F.COc1c([C@H]2C[C@@](C)(C(F)(F)F)O[C@@H]2C(=O)Nc2ccc(F)c(C(N)=O)c2)ccc(F)c1F. The van der Waals surface area contributed by atoms with Gasteiger partial charge in [0.15, 0.2) is 34.3 Å². The molecule has 66 heavy (non-hydrogen) atoms. The number of carbonyl (C=O) groups excluding carboxylic acids is 4. The first kappa shape index (κ1) is 50.4. The fourth-order valence-electron chi connectivity index (χ4n) is 7.36. The third-order valence-corrected chi connectivity index (χ3v) is 10.8. The van der Waals surface area contributed by atoms with E-state index in [2.05, 4.69) is 10.6 Å². The van der Waals surface area contributed by atoms with Gasteiger partial charge >= 0.3 is 12.4 Å². The minimum absolute atomic E-state index is 0.143. The maximum absolute atomic E-state index is 14.2. The van der Waals surface area contributed by atoms with E-state index in [9.17, 15) is 71.9 Å². The highest BCUT2D eigenvalue weighted by molar-refractivity contribution is 5.99. The highest BCUT2D eigenvalue weighted by Crippen LogP contribution is 2.53. The molecule has 12 nitrogen and oxygen atoms in total. The lowest BCUT2D eigenvalue weighted by Crippen LogP contribution is -2.43. The summed E-state index contributed by atoms with van der Waals surface area (Å²) in [6.45, 7) is 1.45. The Morgan fingerprint density at radius 1 is 0.576 bits per heavy atom. The van der Waals surface area contributed by atoms with E-state index in [1.165, 1.54) is 0 Å². The number of ether oxygens (including phenoxy) is 4. The first-order chi connectivity index (χ1) is 30.6. The zero-order valence-electron chi connectivity index (χ0n) is 34.5. The molecule has 2 saturated heterocycles. The van der Waals surface area contributed by atoms with Crippen molar-refractivity contribution in [2.75, 3.05) is 24.9 Å². The largest absolute Gasteiger partial charge is 0.493 e. The number of hydrogen-bond donors (Lipinski definition) is 4. The van der Waals surface area contributed by atoms with Crippen LogP contribution in [0.3, 0.4) is 0 Å². The Bertz CT molecular complexity index is 2390. The molecule has 24 heteroatoms. The molecule has 2 fully saturated rings. The standard InChI is InChI=1S/2C21H18F6N2O4/c2*1-20(21(25,26)27)8-12(10-4-6-14(23)15(24)16(10)32-2)17(33-20)19(31)29-9-3-5-13(22)11(7-9)18(28)30/h2*3-7,12,17H,8H2,1-2H3,(H2,28,30)(H,29,31)/t2*12-,17+,20+/m10/s1. The Hall–Kier alpha value is -6.56. The highest BCUT2D eigenvalue weighted by atomic mass is 19.4. The first-order valence-corrected chi connectivity index (χ1v) is 18.9. The van der Waals surface area contributed by atoms with Gasteiger partial charge in [0.25, 0.3) is 23.6 Å². The summed E-state index contributed by atoms with van der Waals surface area (Å²) < 4.78 is 185. The van der Waals surface area contributed by atoms with E-state index in [4.69, 9.17) is 30.4 Å². The third kappa shape index (κ3) is 9.97. The fraction of sp³-hybridized carbons (Fsp3) is 0.333. The number of hydrogen-bond acceptors (Lipinski definition) is 8. The number of anilines is 2. The lowest BCUT2D eigenvalue weighted by molar-refractivity contribution is -0.262. The Morgan fingerprint density at radius 3 is 1.18 bits per heavy atom. The van der Waals surface area contributed by atoms with Crippen LogP contribution in [0, 0.1) is 34.9 Å². The molecule has 2 aliphatic heterocycles. The number of nitrogens with two attached hydrogens (primary N) is 2. The van der Waals surface area contributed by atoms with E-state index >= 15 is 0 Å². The van der Waals surface area contributed by atoms with Crippen molar-refractivity contribution in [1.82, 2.24) is 0 Å². The Balaban J connectivity index is 0.000000247. The van der Waals surface area contributed by atoms with Crippen molar-refractivity contribution in [3.05, 3.63) is 118 Å². The predicted octanol–water partition coefficient (Wildman–Crippen LogP) is 8.09. The van der Waals surface area contributed by atoms with Crippen LogP contribution in [0.4, 0.5) is 64.1 Å². The molecule has 0 bridgehead atoms. The molecule has 6 atom stereocenters. The van der Waals surface area contributed by atoms with E-state index in [1.54, 1.807) is 0 Å². The molecule has 2 aliphatic rings. The maximum Gasteiger partial charge on any atom is 0.417 e. The van der Waals surface area contributed by atoms with Gasteiger partial charge < -0.3 is 41.0 Å². The van der Waals surface area contributed by atoms with Crippen LogP contribution in [-0.4, -0.2) is 73.6 Å². The number of nitrogens with one attached hydrogen (secondary N) is 2. The molecular formula is C42H36F12N4O8. The number of carbonyl (C=O) groups is 4. The Morgan fingerprint density at radius 2 is 0.894 bits per heavy atom. The molecule has 0 aromatic heterocycles. The summed E-state index contributed by atoms with van der Waals surface area (Å²) in [5, 5.41) is 4.49. The monoisotopic (exact) mass is 952 g/mol. The summed E-state index contributed by atoms with van der Waals surface area (Å²) >= 11 is 0. The van der Waals surface area contributed by atoms with Gasteiger partial charge in [-0.15, -0.1) is 0 Å². The predicted molar refractivity (Wildman–Crippen MR) is 206 cm³/mol. The van der Waals surface area contributed by atoms with Crippen molar-refractivity contribution >= 4 is 35.0 Å². The average molecular weight is 953 g/mol. The Kier molecular flexibility index (Phi) is 14.3. The van der Waals surface area contributed by atoms with Crippen molar-refractivity contribution in [3.63, 3.8) is 0 Å². The van der Waals surface area contributed by atoms with Crippen molar-refractivity contribution in [1.29, 1.82) is 0 Å². The molecule has 6 N–H and O–H groups in total. The van der Waals surface area contributed by atoms with Crippen LogP contribution in [0.5, 0.6) is 11.5 Å². The van der Waals surface area contributed by atoms with E-state index in [1.807, 2.05) is 0 Å². The quantitative estimate of drug-likeness (QED) is 0.115. The molecule has 6 rings (SSSR count). The van der Waals surface area contributed by atoms with Crippen LogP contribution in [-0.2, 0) is 19.1 Å². The minimum Gasteiger partial charge on any atom is -0.493 e. The lowest BCUT2D eigenvalue weighted by atomic mass is 9.85. The molecule has 0 saturated carbocycles. The van der Waals surface area contributed by atoms with E-state index in [0.717, 1.165) is 76.6 Å². The molecule has 4 aromatic rings. The molecule has 0 radical (unpaired) electrons. The van der Waals surface area contributed by atoms with Crippen LogP contribution in [0.15, 0.2) is 60.7 Å². The number of halogens is 12. The smallest absolute Gasteiger partial charge is 0.417 e. The molecule has 0 aliphatic carbocycles. The number of benzene rings is 4. The summed E-state index contributed by atoms with van der Waals surface area (Å²) in [4.78, 5) is 48.5. The number of amides is 4. The summed E-state index contributed by atoms with van der Waals surface area (Å²) in [6.07, 6.45) is -15.0. The van der Waals surface area contributed by atoms with E-state index in [0.29, 0.717) is 12.1 Å². The summed E-state index contributed by atoms with van der Waals surface area (Å²) in [6, 6.07) is 9.01. The molecule has 4 amide bonds. The normalized spacial score (nSPS) is 22.8. The number of primary amides is 2. The van der Waals surface area contributed by atoms with Crippen LogP contribution >= 0.6 is 0 Å². The summed E-state index contributed by atoms with van der Waals surface area (Å²) in [7, 11) is 2.00. The van der Waals surface area contributed by atoms with Crippen LogP contribution in [0.2, 0.25) is 0 Å². The Labute approximate surface area is 365 Å². The fourth-order valence-corrected chi connectivity index (χ4v) is 7.36. The van der Waals surface area contributed by atoms with Gasteiger partial charge in [0.05, 0.1) is 25.3 Å². The average Bonchev–Trinajstić information content (AvgIpc) is 3.80. The zero-order valence-corrected chi connectivity index (χ0v) is 34.5.